The van der Waals surface area contributed by atoms with Gasteiger partial charge in [-0.25, -0.2) is 8.42 Å². The largest absolute Gasteiger partial charge is 0.342 e. The Morgan fingerprint density at radius 1 is 1.00 bits per heavy atom. The van der Waals surface area contributed by atoms with E-state index in [2.05, 4.69) is 10.0 Å². The van der Waals surface area contributed by atoms with Gasteiger partial charge < -0.3 is 10.2 Å². The fourth-order valence-electron chi connectivity index (χ4n) is 3.39. The summed E-state index contributed by atoms with van der Waals surface area (Å²) in [5, 5.41) is 2.63. The first-order chi connectivity index (χ1) is 13.7. The Bertz CT molecular complexity index is 1010. The van der Waals surface area contributed by atoms with E-state index in [-0.39, 0.29) is 16.7 Å². The van der Waals surface area contributed by atoms with Crippen LogP contribution in [0.3, 0.4) is 0 Å². The van der Waals surface area contributed by atoms with Gasteiger partial charge in [0.1, 0.15) is 0 Å². The minimum absolute atomic E-state index is 0.103. The molecule has 29 heavy (non-hydrogen) atoms. The molecule has 0 unspecified atom stereocenters. The molecular weight excluding hydrogens is 390 g/mol. The molecule has 1 heterocycles. The highest BCUT2D eigenvalue weighted by molar-refractivity contribution is 7.92. The second-order valence-corrected chi connectivity index (χ2v) is 8.88. The zero-order chi connectivity index (χ0) is 21.0. The maximum Gasteiger partial charge on any atom is 0.262 e. The van der Waals surface area contributed by atoms with Gasteiger partial charge in [-0.2, -0.15) is 0 Å². The van der Waals surface area contributed by atoms with E-state index in [0.717, 1.165) is 31.5 Å². The SMILES string of the molecule is CC(=O)Nc1ccc(S(=O)(=O)Nc2ccc(CC(=O)N3CCCC3)cc2)c(C)c1. The quantitative estimate of drug-likeness (QED) is 0.758. The highest BCUT2D eigenvalue weighted by Gasteiger charge is 2.19. The van der Waals surface area contributed by atoms with Gasteiger partial charge in [0.2, 0.25) is 11.8 Å². The van der Waals surface area contributed by atoms with Crippen LogP contribution in [0.5, 0.6) is 0 Å². The average Bonchev–Trinajstić information content (AvgIpc) is 3.17. The molecule has 1 fully saturated rings. The van der Waals surface area contributed by atoms with Crippen LogP contribution in [0.2, 0.25) is 0 Å². The van der Waals surface area contributed by atoms with Crippen molar-refractivity contribution in [2.24, 2.45) is 0 Å². The van der Waals surface area contributed by atoms with Gasteiger partial charge in [0, 0.05) is 31.4 Å². The lowest BCUT2D eigenvalue weighted by Crippen LogP contribution is -2.29. The molecule has 2 N–H and O–H groups in total. The molecule has 1 aliphatic rings. The summed E-state index contributed by atoms with van der Waals surface area (Å²) >= 11 is 0. The number of carbonyl (C=O) groups excluding carboxylic acids is 2. The normalized spacial score (nSPS) is 13.9. The van der Waals surface area contributed by atoms with Gasteiger partial charge in [0.25, 0.3) is 10.0 Å². The van der Waals surface area contributed by atoms with Crippen LogP contribution in [0.1, 0.15) is 30.9 Å². The van der Waals surface area contributed by atoms with Crippen LogP contribution in [-0.4, -0.2) is 38.2 Å². The highest BCUT2D eigenvalue weighted by Crippen LogP contribution is 2.23. The number of sulfonamides is 1. The van der Waals surface area contributed by atoms with Crippen LogP contribution in [0, 0.1) is 6.92 Å². The van der Waals surface area contributed by atoms with Crippen molar-refractivity contribution in [3.05, 3.63) is 53.6 Å². The smallest absolute Gasteiger partial charge is 0.262 e. The number of carbonyl (C=O) groups is 2. The van der Waals surface area contributed by atoms with Gasteiger partial charge >= 0.3 is 0 Å². The van der Waals surface area contributed by atoms with Crippen molar-refractivity contribution in [1.82, 2.24) is 4.90 Å². The number of nitrogens with one attached hydrogen (secondary N) is 2. The summed E-state index contributed by atoms with van der Waals surface area (Å²) in [6.45, 7) is 4.70. The standard InChI is InChI=1S/C21H25N3O4S/c1-15-13-19(22-16(2)25)9-10-20(15)29(27,28)23-18-7-5-17(6-8-18)14-21(26)24-11-3-4-12-24/h5-10,13,23H,3-4,11-12,14H2,1-2H3,(H,22,25). The predicted octanol–water partition coefficient (Wildman–Crippen LogP) is 2.92. The molecule has 2 aromatic rings. The summed E-state index contributed by atoms with van der Waals surface area (Å²) in [7, 11) is -3.78. The Morgan fingerprint density at radius 3 is 2.21 bits per heavy atom. The molecule has 154 valence electrons. The zero-order valence-corrected chi connectivity index (χ0v) is 17.4. The van der Waals surface area contributed by atoms with Crippen molar-refractivity contribution in [1.29, 1.82) is 0 Å². The number of amides is 2. The minimum atomic E-state index is -3.78. The lowest BCUT2D eigenvalue weighted by atomic mass is 10.1. The number of benzene rings is 2. The first-order valence-electron chi connectivity index (χ1n) is 9.52. The van der Waals surface area contributed by atoms with E-state index in [4.69, 9.17) is 0 Å². The molecule has 1 aliphatic heterocycles. The summed E-state index contributed by atoms with van der Waals surface area (Å²) in [4.78, 5) is 25.4. The molecule has 2 aromatic carbocycles. The molecule has 8 heteroatoms. The van der Waals surface area contributed by atoms with E-state index in [1.807, 2.05) is 4.90 Å². The van der Waals surface area contributed by atoms with Gasteiger partial charge in [0.15, 0.2) is 0 Å². The minimum Gasteiger partial charge on any atom is -0.342 e. The molecular formula is C21H25N3O4S. The van der Waals surface area contributed by atoms with Crippen LogP contribution in [0.4, 0.5) is 11.4 Å². The van der Waals surface area contributed by atoms with Crippen molar-refractivity contribution >= 4 is 33.2 Å². The van der Waals surface area contributed by atoms with Crippen molar-refractivity contribution in [3.63, 3.8) is 0 Å². The van der Waals surface area contributed by atoms with E-state index in [0.29, 0.717) is 23.4 Å². The maximum atomic E-state index is 12.7. The summed E-state index contributed by atoms with van der Waals surface area (Å²) in [6, 6.07) is 11.5. The Balaban J connectivity index is 1.68. The molecule has 3 rings (SSSR count). The first-order valence-corrected chi connectivity index (χ1v) is 11.0. The molecule has 0 radical (unpaired) electrons. The molecule has 0 spiro atoms. The second-order valence-electron chi connectivity index (χ2n) is 7.23. The van der Waals surface area contributed by atoms with Crippen LogP contribution < -0.4 is 10.0 Å². The van der Waals surface area contributed by atoms with E-state index in [9.17, 15) is 18.0 Å². The maximum absolute atomic E-state index is 12.7. The molecule has 0 aromatic heterocycles. The van der Waals surface area contributed by atoms with Crippen LogP contribution >= 0.6 is 0 Å². The predicted molar refractivity (Wildman–Crippen MR) is 112 cm³/mol. The molecule has 0 saturated carbocycles. The van der Waals surface area contributed by atoms with E-state index < -0.39 is 10.0 Å². The molecule has 7 nitrogen and oxygen atoms in total. The number of aryl methyl sites for hydroxylation is 1. The third-order valence-electron chi connectivity index (χ3n) is 4.81. The Labute approximate surface area is 171 Å². The van der Waals surface area contributed by atoms with E-state index in [1.54, 1.807) is 43.3 Å². The Kier molecular flexibility index (Phi) is 6.22. The number of likely N-dealkylation sites (tertiary alicyclic amines) is 1. The number of nitrogens with zero attached hydrogens (tertiary/aromatic N) is 1. The van der Waals surface area contributed by atoms with Crippen LogP contribution in [0.25, 0.3) is 0 Å². The van der Waals surface area contributed by atoms with E-state index in [1.165, 1.54) is 13.0 Å². The van der Waals surface area contributed by atoms with Gasteiger partial charge in [-0.15, -0.1) is 0 Å². The zero-order valence-electron chi connectivity index (χ0n) is 16.6. The fraction of sp³-hybridized carbons (Fsp3) is 0.333. The second kappa shape index (κ2) is 8.65. The Hall–Kier alpha value is -2.87. The van der Waals surface area contributed by atoms with Gasteiger partial charge in [-0.05, 0) is 61.2 Å². The van der Waals surface area contributed by atoms with Crippen molar-refractivity contribution in [2.75, 3.05) is 23.1 Å². The summed E-state index contributed by atoms with van der Waals surface area (Å²) in [6.07, 6.45) is 2.42. The lowest BCUT2D eigenvalue weighted by molar-refractivity contribution is -0.129. The first kappa shape index (κ1) is 20.9. The van der Waals surface area contributed by atoms with Gasteiger partial charge in [0.05, 0.1) is 11.3 Å². The van der Waals surface area contributed by atoms with Crippen molar-refractivity contribution in [3.8, 4) is 0 Å². The van der Waals surface area contributed by atoms with Crippen LogP contribution in [0.15, 0.2) is 47.4 Å². The summed E-state index contributed by atoms with van der Waals surface area (Å²) < 4.78 is 28.0. The Morgan fingerprint density at radius 2 is 1.62 bits per heavy atom. The highest BCUT2D eigenvalue weighted by atomic mass is 32.2. The number of anilines is 2. The number of hydrogen-bond donors (Lipinski definition) is 2. The lowest BCUT2D eigenvalue weighted by Gasteiger charge is -2.15. The molecule has 1 saturated heterocycles. The number of hydrogen-bond acceptors (Lipinski definition) is 4. The average molecular weight is 416 g/mol. The molecule has 0 bridgehead atoms. The fourth-order valence-corrected chi connectivity index (χ4v) is 4.67. The third-order valence-corrected chi connectivity index (χ3v) is 6.35. The van der Waals surface area contributed by atoms with Gasteiger partial charge in [-0.3, -0.25) is 14.3 Å². The van der Waals surface area contributed by atoms with Crippen LogP contribution in [-0.2, 0) is 26.0 Å². The van der Waals surface area contributed by atoms with E-state index >= 15 is 0 Å². The summed E-state index contributed by atoms with van der Waals surface area (Å²) in [5.41, 5.74) is 2.34. The summed E-state index contributed by atoms with van der Waals surface area (Å²) in [5.74, 6) is -0.118. The van der Waals surface area contributed by atoms with Crippen molar-refractivity contribution in [2.45, 2.75) is 38.0 Å². The van der Waals surface area contributed by atoms with Gasteiger partial charge in [-0.1, -0.05) is 12.1 Å². The molecule has 2 amide bonds. The van der Waals surface area contributed by atoms with Crippen molar-refractivity contribution < 1.29 is 18.0 Å². The molecule has 0 aliphatic carbocycles. The molecule has 0 atom stereocenters. The monoisotopic (exact) mass is 415 g/mol. The third kappa shape index (κ3) is 5.35. The topological polar surface area (TPSA) is 95.6 Å². The number of rotatable bonds is 6.